The van der Waals surface area contributed by atoms with E-state index in [9.17, 15) is 18.0 Å². The molecule has 0 spiro atoms. The van der Waals surface area contributed by atoms with Crippen molar-refractivity contribution in [2.75, 3.05) is 6.54 Å². The zero-order valence-electron chi connectivity index (χ0n) is 20.1. The number of carbonyl (C=O) groups is 1. The Morgan fingerprint density at radius 1 is 1.16 bits per heavy atom. The lowest BCUT2D eigenvalue weighted by atomic mass is 9.91. The molecule has 7 nitrogen and oxygen atoms in total. The molecular weight excluding hydrogens is 485 g/mol. The number of carbonyl (C=O) groups excluding carboxylic acids is 1. The van der Waals surface area contributed by atoms with E-state index in [0.29, 0.717) is 22.9 Å². The summed E-state index contributed by atoms with van der Waals surface area (Å²) in [6.07, 6.45) is 0.232. The van der Waals surface area contributed by atoms with Gasteiger partial charge in [-0.1, -0.05) is 48.0 Å². The van der Waals surface area contributed by atoms with Gasteiger partial charge in [0.05, 0.1) is 0 Å². The van der Waals surface area contributed by atoms with E-state index in [1.165, 1.54) is 5.57 Å². The number of aromatic nitrogens is 1. The van der Waals surface area contributed by atoms with Gasteiger partial charge in [-0.2, -0.15) is 13.2 Å². The number of ether oxygens (including phenoxy) is 1. The SMILES string of the molecule is NC(CNCc1ccc2oc([C@H](NC(=O)OCc3ccccc3)C(C3=CC3)C3CC3)nc2c1)C(F)(F)F. The Labute approximate surface area is 212 Å². The number of allylic oxidation sites excluding steroid dienone is 1. The predicted molar refractivity (Wildman–Crippen MR) is 131 cm³/mol. The van der Waals surface area contributed by atoms with Crippen LogP contribution in [0.2, 0.25) is 0 Å². The molecule has 2 aliphatic rings. The van der Waals surface area contributed by atoms with Crippen LogP contribution in [0.1, 0.15) is 42.3 Å². The maximum atomic E-state index is 12.8. The van der Waals surface area contributed by atoms with Gasteiger partial charge in [-0.05, 0) is 48.4 Å². The van der Waals surface area contributed by atoms with Crippen LogP contribution in [0.25, 0.3) is 11.1 Å². The van der Waals surface area contributed by atoms with Crippen LogP contribution in [0.5, 0.6) is 0 Å². The molecule has 1 amide bonds. The van der Waals surface area contributed by atoms with Gasteiger partial charge in [-0.25, -0.2) is 9.78 Å². The van der Waals surface area contributed by atoms with Crippen LogP contribution in [-0.2, 0) is 17.9 Å². The highest BCUT2D eigenvalue weighted by Crippen LogP contribution is 2.51. The van der Waals surface area contributed by atoms with Crippen molar-refractivity contribution in [3.05, 3.63) is 77.2 Å². The van der Waals surface area contributed by atoms with E-state index < -0.39 is 24.4 Å². The lowest BCUT2D eigenvalue weighted by molar-refractivity contribution is -0.146. The van der Waals surface area contributed by atoms with E-state index in [4.69, 9.17) is 14.9 Å². The van der Waals surface area contributed by atoms with Crippen LogP contribution in [0.4, 0.5) is 18.0 Å². The molecule has 1 saturated carbocycles. The first kappa shape index (κ1) is 25.3. The van der Waals surface area contributed by atoms with Crippen LogP contribution >= 0.6 is 0 Å². The largest absolute Gasteiger partial charge is 0.445 e. The van der Waals surface area contributed by atoms with Gasteiger partial charge in [-0.15, -0.1) is 0 Å². The maximum Gasteiger partial charge on any atom is 0.408 e. The van der Waals surface area contributed by atoms with Gasteiger partial charge in [0.25, 0.3) is 0 Å². The Bertz CT molecular complexity index is 1270. The normalized spacial score (nSPS) is 17.7. The molecule has 2 unspecified atom stereocenters. The average molecular weight is 515 g/mol. The molecule has 10 heteroatoms. The molecule has 2 aromatic carbocycles. The van der Waals surface area contributed by atoms with Crippen molar-refractivity contribution in [2.24, 2.45) is 17.6 Å². The number of benzene rings is 2. The highest BCUT2D eigenvalue weighted by atomic mass is 19.4. The lowest BCUT2D eigenvalue weighted by Gasteiger charge is -2.24. The van der Waals surface area contributed by atoms with Gasteiger partial charge < -0.3 is 25.5 Å². The lowest BCUT2D eigenvalue weighted by Crippen LogP contribution is -2.45. The Morgan fingerprint density at radius 2 is 1.92 bits per heavy atom. The van der Waals surface area contributed by atoms with E-state index in [0.717, 1.165) is 30.4 Å². The molecule has 0 bridgehead atoms. The minimum absolute atomic E-state index is 0.0855. The maximum absolute atomic E-state index is 12.8. The number of alkyl carbamates (subject to hydrolysis) is 1. The van der Waals surface area contributed by atoms with Crippen molar-refractivity contribution in [1.29, 1.82) is 0 Å². The first-order chi connectivity index (χ1) is 17.8. The molecule has 3 aromatic rings. The number of nitrogens with two attached hydrogens (primary N) is 1. The van der Waals surface area contributed by atoms with Gasteiger partial charge >= 0.3 is 12.3 Å². The van der Waals surface area contributed by atoms with Crippen LogP contribution in [0.3, 0.4) is 0 Å². The summed E-state index contributed by atoms with van der Waals surface area (Å²) in [6.45, 7) is -0.0358. The number of oxazole rings is 1. The van der Waals surface area contributed by atoms with Crippen LogP contribution < -0.4 is 16.4 Å². The third-order valence-electron chi connectivity index (χ3n) is 6.69. The quantitative estimate of drug-likeness (QED) is 0.307. The Kier molecular flexibility index (Phi) is 7.21. The summed E-state index contributed by atoms with van der Waals surface area (Å²) in [6, 6.07) is 12.3. The average Bonchev–Trinajstić information content (AvgIpc) is 3.81. The van der Waals surface area contributed by atoms with Crippen molar-refractivity contribution >= 4 is 17.2 Å². The topological polar surface area (TPSA) is 102 Å². The molecule has 1 fully saturated rings. The molecule has 5 rings (SSSR count). The standard InChI is InChI=1S/C27H29F3N4O3/c28-27(29,30)22(31)14-32-13-17-6-11-21-20(12-17)33-25(37-21)24(23(18-7-8-18)19-9-10-19)34-26(35)36-15-16-4-2-1-3-5-16/h1-7,11-12,19,22-24,32H,8-10,13-15,31H2,(H,34,35)/t22?,23?,24-/m1/s1. The van der Waals surface area contributed by atoms with Crippen molar-refractivity contribution in [1.82, 2.24) is 15.6 Å². The van der Waals surface area contributed by atoms with E-state index >= 15 is 0 Å². The third-order valence-corrected chi connectivity index (χ3v) is 6.69. The number of alkyl halides is 3. The monoisotopic (exact) mass is 514 g/mol. The van der Waals surface area contributed by atoms with Crippen molar-refractivity contribution < 1.29 is 27.1 Å². The molecule has 196 valence electrons. The third kappa shape index (κ3) is 6.50. The molecule has 3 atom stereocenters. The van der Waals surface area contributed by atoms with Gasteiger partial charge in [0, 0.05) is 19.0 Å². The van der Waals surface area contributed by atoms with Crippen LogP contribution in [0.15, 0.2) is 64.6 Å². The molecule has 37 heavy (non-hydrogen) atoms. The Balaban J connectivity index is 1.30. The molecule has 4 N–H and O–H groups in total. The number of rotatable bonds is 11. The second-order valence-corrected chi connectivity index (χ2v) is 9.66. The Hall–Kier alpha value is -3.37. The van der Waals surface area contributed by atoms with E-state index in [1.54, 1.807) is 18.2 Å². The summed E-state index contributed by atoms with van der Waals surface area (Å²) >= 11 is 0. The zero-order chi connectivity index (χ0) is 26.0. The summed E-state index contributed by atoms with van der Waals surface area (Å²) in [7, 11) is 0. The first-order valence-corrected chi connectivity index (χ1v) is 12.4. The Morgan fingerprint density at radius 3 is 2.59 bits per heavy atom. The van der Waals surface area contributed by atoms with Gasteiger partial charge in [0.15, 0.2) is 5.58 Å². The summed E-state index contributed by atoms with van der Waals surface area (Å²) in [5, 5.41) is 5.73. The number of nitrogens with zero attached hydrogens (tertiary/aromatic N) is 1. The molecule has 1 aromatic heterocycles. The smallest absolute Gasteiger partial charge is 0.408 e. The number of fused-ring (bicyclic) bond motifs is 1. The fraction of sp³-hybridized carbons (Fsp3) is 0.407. The molecular formula is C27H29F3N4O3. The second kappa shape index (κ2) is 10.5. The molecule has 0 saturated heterocycles. The van der Waals surface area contributed by atoms with Crippen molar-refractivity contribution in [2.45, 2.75) is 50.7 Å². The predicted octanol–water partition coefficient (Wildman–Crippen LogP) is 5.13. The summed E-state index contributed by atoms with van der Waals surface area (Å²) in [5.74, 6) is 0.920. The first-order valence-electron chi connectivity index (χ1n) is 12.4. The number of hydrogen-bond donors (Lipinski definition) is 3. The van der Waals surface area contributed by atoms with Crippen LogP contribution in [0, 0.1) is 11.8 Å². The number of hydrogen-bond acceptors (Lipinski definition) is 6. The number of amides is 1. The van der Waals surface area contributed by atoms with Crippen LogP contribution in [-0.4, -0.2) is 29.8 Å². The summed E-state index contributed by atoms with van der Waals surface area (Å²) < 4.78 is 49.5. The van der Waals surface area contributed by atoms with E-state index in [1.807, 2.05) is 30.3 Å². The fourth-order valence-corrected chi connectivity index (χ4v) is 4.49. The van der Waals surface area contributed by atoms with E-state index in [2.05, 4.69) is 21.7 Å². The molecule has 1 heterocycles. The number of nitrogens with one attached hydrogen (secondary N) is 2. The summed E-state index contributed by atoms with van der Waals surface area (Å²) in [5.41, 5.74) is 9.18. The second-order valence-electron chi connectivity index (χ2n) is 9.66. The minimum Gasteiger partial charge on any atom is -0.445 e. The molecule has 2 aliphatic carbocycles. The van der Waals surface area contributed by atoms with Crippen molar-refractivity contribution in [3.8, 4) is 0 Å². The van der Waals surface area contributed by atoms with Crippen molar-refractivity contribution in [3.63, 3.8) is 0 Å². The highest BCUT2D eigenvalue weighted by Gasteiger charge is 2.44. The van der Waals surface area contributed by atoms with Gasteiger partial charge in [0.2, 0.25) is 5.89 Å². The fourth-order valence-electron chi connectivity index (χ4n) is 4.49. The zero-order valence-corrected chi connectivity index (χ0v) is 20.1. The number of halogens is 3. The minimum atomic E-state index is -4.45. The van der Waals surface area contributed by atoms with Gasteiger partial charge in [0.1, 0.15) is 24.2 Å². The van der Waals surface area contributed by atoms with E-state index in [-0.39, 0.29) is 25.6 Å². The molecule has 0 aliphatic heterocycles. The highest BCUT2D eigenvalue weighted by molar-refractivity contribution is 5.74. The summed E-state index contributed by atoms with van der Waals surface area (Å²) in [4.78, 5) is 17.5. The molecule has 0 radical (unpaired) electrons. The van der Waals surface area contributed by atoms with Gasteiger partial charge in [-0.3, -0.25) is 0 Å².